The van der Waals surface area contributed by atoms with Gasteiger partial charge in [-0.2, -0.15) is 79.0 Å². The molecule has 0 aromatic heterocycles. The molecule has 0 heterocycles. The van der Waals surface area contributed by atoms with E-state index in [2.05, 4.69) is 0 Å². The van der Waals surface area contributed by atoms with Crippen LogP contribution in [-0.2, 0) is 0 Å². The maximum absolute atomic E-state index is 14.8. The molecule has 0 bridgehead atoms. The summed E-state index contributed by atoms with van der Waals surface area (Å²) in [5, 5.41) is 18.8. The van der Waals surface area contributed by atoms with Gasteiger partial charge in [-0.25, -0.2) is 0 Å². The van der Waals surface area contributed by atoms with Crippen LogP contribution < -0.4 is 0 Å². The number of hydrogen-bond acceptors (Lipinski definition) is 2. The van der Waals surface area contributed by atoms with Crippen LogP contribution in [0.25, 0.3) is 0 Å². The molecule has 0 saturated carbocycles. The second kappa shape index (κ2) is 11.3. The van der Waals surface area contributed by atoms with Gasteiger partial charge in [0, 0.05) is 12.8 Å². The first-order valence-electron chi connectivity index (χ1n) is 11.4. The summed E-state index contributed by atoms with van der Waals surface area (Å²) in [6.07, 6.45) is -20.8. The number of rotatable bonds is 11. The molecule has 2 atom stereocenters. The van der Waals surface area contributed by atoms with Crippen molar-refractivity contribution in [3.8, 4) is 11.5 Å². The van der Waals surface area contributed by atoms with Gasteiger partial charge < -0.3 is 10.2 Å². The normalized spacial score (nSPS) is 16.1. The van der Waals surface area contributed by atoms with Crippen LogP contribution in [0.2, 0.25) is 0 Å². The molecule has 2 N–H and O–H groups in total. The van der Waals surface area contributed by atoms with Crippen molar-refractivity contribution in [1.29, 1.82) is 0 Å². The number of aromatic hydroxyl groups is 2. The van der Waals surface area contributed by atoms with Crippen LogP contribution in [0.3, 0.4) is 0 Å². The molecule has 0 aliphatic heterocycles. The van der Waals surface area contributed by atoms with Gasteiger partial charge in [-0.15, -0.1) is 0 Å². The Labute approximate surface area is 233 Å². The lowest BCUT2D eigenvalue weighted by atomic mass is 9.73. The van der Waals surface area contributed by atoms with E-state index in [4.69, 9.17) is 0 Å². The van der Waals surface area contributed by atoms with E-state index in [0.717, 1.165) is 0 Å². The number of halogens is 18. The van der Waals surface area contributed by atoms with Crippen molar-refractivity contribution in [1.82, 2.24) is 0 Å². The molecule has 2 rings (SSSR count). The summed E-state index contributed by atoms with van der Waals surface area (Å²) in [6, 6.07) is 3.52. The summed E-state index contributed by atoms with van der Waals surface area (Å²) < 4.78 is 246. The highest BCUT2D eigenvalue weighted by Crippen LogP contribution is 2.60. The summed E-state index contributed by atoms with van der Waals surface area (Å²) in [6.45, 7) is 0. The molecule has 0 fully saturated rings. The third-order valence-corrected chi connectivity index (χ3v) is 6.50. The van der Waals surface area contributed by atoms with Gasteiger partial charge in [0.1, 0.15) is 11.5 Å². The van der Waals surface area contributed by atoms with Crippen molar-refractivity contribution in [2.75, 3.05) is 0 Å². The van der Waals surface area contributed by atoms with Crippen LogP contribution in [0.4, 0.5) is 79.0 Å². The molecule has 2 aromatic rings. The van der Waals surface area contributed by atoms with E-state index in [9.17, 15) is 89.2 Å². The molecular formula is C24H16F18O2. The molecule has 0 radical (unpaired) electrons. The SMILES string of the molecule is Oc1ccc([C@@H](CC(F)(F)C(F)(F)C(F)(F)C(F)(F)F)[C@H](CC(F)(F)C(F)(F)C(F)(F)C(F)(F)F)c2ccc(O)cc2)cc1. The van der Waals surface area contributed by atoms with E-state index < -0.39 is 95.2 Å². The molecule has 250 valence electrons. The van der Waals surface area contributed by atoms with Gasteiger partial charge in [0.05, 0.1) is 0 Å². The smallest absolute Gasteiger partial charge is 0.460 e. The Morgan fingerprint density at radius 2 is 0.614 bits per heavy atom. The van der Waals surface area contributed by atoms with Gasteiger partial charge >= 0.3 is 47.9 Å². The van der Waals surface area contributed by atoms with Gasteiger partial charge in [-0.05, 0) is 47.2 Å². The summed E-state index contributed by atoms with van der Waals surface area (Å²) in [5.41, 5.74) is -2.12. The van der Waals surface area contributed by atoms with Crippen molar-refractivity contribution in [2.45, 2.75) is 72.6 Å². The lowest BCUT2D eigenvalue weighted by Crippen LogP contribution is -2.62. The molecule has 0 spiro atoms. The predicted octanol–water partition coefficient (Wildman–Crippen LogP) is 9.68. The molecule has 44 heavy (non-hydrogen) atoms. The van der Waals surface area contributed by atoms with Gasteiger partial charge in [0.25, 0.3) is 0 Å². The van der Waals surface area contributed by atoms with Crippen molar-refractivity contribution in [2.24, 2.45) is 0 Å². The third kappa shape index (κ3) is 6.43. The van der Waals surface area contributed by atoms with Crippen LogP contribution in [-0.4, -0.2) is 58.1 Å². The monoisotopic (exact) mass is 678 g/mol. The summed E-state index contributed by atoms with van der Waals surface area (Å²) in [5.74, 6) is -50.7. The van der Waals surface area contributed by atoms with Crippen LogP contribution in [0.15, 0.2) is 48.5 Å². The van der Waals surface area contributed by atoms with E-state index in [-0.39, 0.29) is 0 Å². The first kappa shape index (κ1) is 37.0. The maximum atomic E-state index is 14.8. The van der Waals surface area contributed by atoms with E-state index >= 15 is 0 Å². The quantitative estimate of drug-likeness (QED) is 0.233. The minimum absolute atomic E-state index is 0.393. The Hall–Kier alpha value is -3.22. The number of benzene rings is 2. The Morgan fingerprint density at radius 1 is 0.386 bits per heavy atom. The molecule has 0 unspecified atom stereocenters. The Kier molecular flexibility index (Phi) is 9.49. The number of phenolic OH excluding ortho intramolecular Hbond substituents is 2. The number of phenols is 2. The van der Waals surface area contributed by atoms with Crippen LogP contribution >= 0.6 is 0 Å². The zero-order chi connectivity index (χ0) is 34.5. The van der Waals surface area contributed by atoms with Crippen molar-refractivity contribution in [3.63, 3.8) is 0 Å². The highest BCUT2D eigenvalue weighted by atomic mass is 19.4. The molecule has 2 nitrogen and oxygen atoms in total. The Balaban J connectivity index is 2.85. The highest BCUT2D eigenvalue weighted by Gasteiger charge is 2.83. The molecule has 0 amide bonds. The maximum Gasteiger partial charge on any atom is 0.460 e. The van der Waals surface area contributed by atoms with Crippen LogP contribution in [0.5, 0.6) is 11.5 Å². The second-order valence-corrected chi connectivity index (χ2v) is 9.51. The average Bonchev–Trinajstić information content (AvgIpc) is 2.85. The first-order chi connectivity index (χ1) is 19.4. The zero-order valence-corrected chi connectivity index (χ0v) is 20.9. The number of alkyl halides is 18. The van der Waals surface area contributed by atoms with Gasteiger partial charge in [-0.3, -0.25) is 0 Å². The van der Waals surface area contributed by atoms with E-state index in [0.29, 0.717) is 48.5 Å². The average molecular weight is 678 g/mol. The van der Waals surface area contributed by atoms with Gasteiger partial charge in [0.15, 0.2) is 0 Å². The summed E-state index contributed by atoms with van der Waals surface area (Å²) in [4.78, 5) is 0. The molecule has 0 saturated heterocycles. The van der Waals surface area contributed by atoms with Crippen molar-refractivity contribution < 1.29 is 89.2 Å². The molecule has 2 aromatic carbocycles. The fraction of sp³-hybridized carbons (Fsp3) is 0.500. The Bertz CT molecular complexity index is 1160. The van der Waals surface area contributed by atoms with Gasteiger partial charge in [-0.1, -0.05) is 24.3 Å². The molecule has 0 aliphatic carbocycles. The lowest BCUT2D eigenvalue weighted by molar-refractivity contribution is -0.399. The largest absolute Gasteiger partial charge is 0.508 e. The highest BCUT2D eigenvalue weighted by molar-refractivity contribution is 5.35. The van der Waals surface area contributed by atoms with Gasteiger partial charge in [0.2, 0.25) is 0 Å². The standard InChI is InChI=1S/C24H16F18O2/c25-17(26,19(29,30)21(33,34)23(37,38)39)9-15(11-1-5-13(43)6-2-11)16(12-3-7-14(44)8-4-12)10-18(27,28)20(31,32)22(35,36)24(40,41)42/h1-8,15-16,43-44H,9-10H2/t15-,16-/m1/s1. The fourth-order valence-corrected chi connectivity index (χ4v) is 4.05. The predicted molar refractivity (Wildman–Crippen MR) is 113 cm³/mol. The fourth-order valence-electron chi connectivity index (χ4n) is 4.05. The van der Waals surface area contributed by atoms with E-state index in [1.807, 2.05) is 0 Å². The van der Waals surface area contributed by atoms with Crippen molar-refractivity contribution >= 4 is 0 Å². The third-order valence-electron chi connectivity index (χ3n) is 6.50. The summed E-state index contributed by atoms with van der Waals surface area (Å²) >= 11 is 0. The second-order valence-electron chi connectivity index (χ2n) is 9.51. The summed E-state index contributed by atoms with van der Waals surface area (Å²) in [7, 11) is 0. The number of hydrogen-bond donors (Lipinski definition) is 2. The van der Waals surface area contributed by atoms with E-state index in [1.54, 1.807) is 0 Å². The van der Waals surface area contributed by atoms with Crippen LogP contribution in [0.1, 0.15) is 35.8 Å². The lowest BCUT2D eigenvalue weighted by Gasteiger charge is -2.39. The molecule has 0 aliphatic rings. The first-order valence-corrected chi connectivity index (χ1v) is 11.4. The van der Waals surface area contributed by atoms with E-state index in [1.165, 1.54) is 0 Å². The topological polar surface area (TPSA) is 40.5 Å². The minimum atomic E-state index is -7.51. The zero-order valence-electron chi connectivity index (χ0n) is 20.9. The molecule has 20 heteroatoms. The van der Waals surface area contributed by atoms with Crippen molar-refractivity contribution in [3.05, 3.63) is 59.7 Å². The minimum Gasteiger partial charge on any atom is -0.508 e. The molecular weight excluding hydrogens is 662 g/mol. The van der Waals surface area contributed by atoms with Crippen LogP contribution in [0, 0.1) is 0 Å². The Morgan fingerprint density at radius 3 is 0.818 bits per heavy atom.